The Bertz CT molecular complexity index is 1020. The van der Waals surface area contributed by atoms with Gasteiger partial charge in [0.05, 0.1) is 6.61 Å². The number of rotatable bonds is 5. The Labute approximate surface area is 166 Å². The van der Waals surface area contributed by atoms with Gasteiger partial charge in [0.25, 0.3) is 5.91 Å². The molecule has 0 aromatic heterocycles. The summed E-state index contributed by atoms with van der Waals surface area (Å²) in [6.45, 7) is 2.25. The molecule has 0 spiro atoms. The van der Waals surface area contributed by atoms with Gasteiger partial charge in [-0.25, -0.2) is 13.6 Å². The number of hydrogen-bond acceptors (Lipinski definition) is 3. The molecule has 0 atom stereocenters. The summed E-state index contributed by atoms with van der Waals surface area (Å²) < 4.78 is 33.0. The van der Waals surface area contributed by atoms with E-state index in [0.717, 1.165) is 29.3 Å². The number of carbonyl (C=O) groups excluding carboxylic acids is 2. The summed E-state index contributed by atoms with van der Waals surface area (Å²) in [7, 11) is 0. The Balaban J connectivity index is 1.77. The fourth-order valence-corrected chi connectivity index (χ4v) is 2.77. The number of anilines is 1. The average Bonchev–Trinajstić information content (AvgIpc) is 2.69. The third kappa shape index (κ3) is 4.76. The Morgan fingerprint density at radius 3 is 2.28 bits per heavy atom. The maximum atomic E-state index is 13.7. The number of benzene rings is 3. The van der Waals surface area contributed by atoms with Crippen molar-refractivity contribution in [2.45, 2.75) is 6.92 Å². The van der Waals surface area contributed by atoms with Crippen molar-refractivity contribution in [2.24, 2.45) is 0 Å². The van der Waals surface area contributed by atoms with Crippen LogP contribution in [0.5, 0.6) is 5.75 Å². The molecule has 0 saturated carbocycles. The van der Waals surface area contributed by atoms with Crippen LogP contribution in [0.2, 0.25) is 0 Å². The predicted molar refractivity (Wildman–Crippen MR) is 106 cm³/mol. The molecule has 0 aliphatic carbocycles. The highest BCUT2D eigenvalue weighted by Gasteiger charge is 2.19. The molecule has 0 aliphatic rings. The first-order valence-corrected chi connectivity index (χ1v) is 8.88. The summed E-state index contributed by atoms with van der Waals surface area (Å²) in [6.07, 6.45) is 0. The van der Waals surface area contributed by atoms with E-state index in [0.29, 0.717) is 18.0 Å². The molecule has 148 valence electrons. The molecule has 3 amide bonds. The van der Waals surface area contributed by atoms with Gasteiger partial charge in [-0.05, 0) is 36.8 Å². The van der Waals surface area contributed by atoms with E-state index in [2.05, 4.69) is 5.32 Å². The smallest absolute Gasteiger partial charge is 0.326 e. The van der Waals surface area contributed by atoms with Gasteiger partial charge in [-0.1, -0.05) is 36.4 Å². The molecule has 5 nitrogen and oxygen atoms in total. The molecule has 0 saturated heterocycles. The van der Waals surface area contributed by atoms with E-state index in [4.69, 9.17) is 4.74 Å². The van der Waals surface area contributed by atoms with Gasteiger partial charge in [0.1, 0.15) is 22.9 Å². The highest BCUT2D eigenvalue weighted by Crippen LogP contribution is 2.32. The van der Waals surface area contributed by atoms with Gasteiger partial charge in [0.2, 0.25) is 0 Å². The van der Waals surface area contributed by atoms with Gasteiger partial charge < -0.3 is 10.1 Å². The van der Waals surface area contributed by atoms with Crippen molar-refractivity contribution in [3.8, 4) is 16.9 Å². The van der Waals surface area contributed by atoms with Gasteiger partial charge in [-0.15, -0.1) is 0 Å². The molecule has 3 aromatic rings. The largest absolute Gasteiger partial charge is 0.493 e. The summed E-state index contributed by atoms with van der Waals surface area (Å²) in [4.78, 5) is 24.1. The predicted octanol–water partition coefficient (Wildman–Crippen LogP) is 4.99. The fraction of sp³-hybridized carbons (Fsp3) is 0.0909. The number of halogens is 2. The summed E-state index contributed by atoms with van der Waals surface area (Å²) in [5.74, 6) is -2.74. The maximum Gasteiger partial charge on any atom is 0.326 e. The van der Waals surface area contributed by atoms with Crippen LogP contribution in [0.1, 0.15) is 17.3 Å². The molecule has 0 fully saturated rings. The van der Waals surface area contributed by atoms with E-state index < -0.39 is 29.1 Å². The molecule has 3 aromatic carbocycles. The molecule has 0 radical (unpaired) electrons. The quantitative estimate of drug-likeness (QED) is 0.638. The Hall–Kier alpha value is -3.74. The first-order valence-electron chi connectivity index (χ1n) is 8.88. The van der Waals surface area contributed by atoms with E-state index in [-0.39, 0.29) is 0 Å². The van der Waals surface area contributed by atoms with Crippen LogP contribution in [0.3, 0.4) is 0 Å². The highest BCUT2D eigenvalue weighted by atomic mass is 19.1. The maximum absolute atomic E-state index is 13.7. The molecule has 29 heavy (non-hydrogen) atoms. The van der Waals surface area contributed by atoms with Crippen LogP contribution < -0.4 is 15.4 Å². The number of imide groups is 1. The third-order valence-electron chi connectivity index (χ3n) is 4.04. The fourth-order valence-electron chi connectivity index (χ4n) is 2.77. The van der Waals surface area contributed by atoms with Crippen molar-refractivity contribution in [3.05, 3.63) is 83.9 Å². The number of hydrogen-bond donors (Lipinski definition) is 2. The van der Waals surface area contributed by atoms with Gasteiger partial charge >= 0.3 is 6.03 Å². The molecule has 2 N–H and O–H groups in total. The molecule has 3 rings (SSSR count). The van der Waals surface area contributed by atoms with Crippen LogP contribution in [0.25, 0.3) is 11.1 Å². The monoisotopic (exact) mass is 396 g/mol. The minimum Gasteiger partial charge on any atom is -0.493 e. The summed E-state index contributed by atoms with van der Waals surface area (Å²) in [6, 6.07) is 16.7. The summed E-state index contributed by atoms with van der Waals surface area (Å²) in [5.41, 5.74) is 1.31. The average molecular weight is 396 g/mol. The molecule has 0 aliphatic heterocycles. The van der Waals surface area contributed by atoms with Gasteiger partial charge in [-0.3, -0.25) is 10.1 Å². The second kappa shape index (κ2) is 8.97. The van der Waals surface area contributed by atoms with Crippen LogP contribution in [0.4, 0.5) is 19.3 Å². The van der Waals surface area contributed by atoms with Crippen LogP contribution in [0, 0.1) is 11.6 Å². The summed E-state index contributed by atoms with van der Waals surface area (Å²) in [5, 5.41) is 4.38. The zero-order chi connectivity index (χ0) is 20.8. The van der Waals surface area contributed by atoms with Crippen molar-refractivity contribution in [1.82, 2.24) is 5.32 Å². The van der Waals surface area contributed by atoms with Crippen LogP contribution in [-0.2, 0) is 0 Å². The van der Waals surface area contributed by atoms with Crippen molar-refractivity contribution in [2.75, 3.05) is 11.9 Å². The van der Waals surface area contributed by atoms with Crippen LogP contribution in [-0.4, -0.2) is 18.5 Å². The SMILES string of the molecule is CCOc1cc(NC(=O)NC(=O)c2c(F)cccc2F)ccc1-c1ccccc1. The van der Waals surface area contributed by atoms with E-state index in [9.17, 15) is 18.4 Å². The third-order valence-corrected chi connectivity index (χ3v) is 4.04. The Kier molecular flexibility index (Phi) is 6.19. The molecule has 0 unspecified atom stereocenters. The molecule has 0 heterocycles. The molecule has 7 heteroatoms. The topological polar surface area (TPSA) is 67.4 Å². The first kappa shape index (κ1) is 20.0. The van der Waals surface area contributed by atoms with Gasteiger partial charge in [0, 0.05) is 17.3 Å². The summed E-state index contributed by atoms with van der Waals surface area (Å²) >= 11 is 0. The van der Waals surface area contributed by atoms with Crippen molar-refractivity contribution in [1.29, 1.82) is 0 Å². The minimum atomic E-state index is -1.18. The first-order chi connectivity index (χ1) is 14.0. The lowest BCUT2D eigenvalue weighted by atomic mass is 10.0. The molecule has 0 bridgehead atoms. The Morgan fingerprint density at radius 1 is 0.931 bits per heavy atom. The standard InChI is InChI=1S/C22H18F2N2O3/c1-2-29-19-13-15(11-12-16(19)14-7-4-3-5-8-14)25-22(28)26-21(27)20-17(23)9-6-10-18(20)24/h3-13H,2H2,1H3,(H2,25,26,27,28). The number of nitrogens with one attached hydrogen (secondary N) is 2. The second-order valence-corrected chi connectivity index (χ2v) is 6.01. The zero-order valence-electron chi connectivity index (χ0n) is 15.5. The molecular formula is C22H18F2N2O3. The van der Waals surface area contributed by atoms with Crippen LogP contribution >= 0.6 is 0 Å². The van der Waals surface area contributed by atoms with Crippen LogP contribution in [0.15, 0.2) is 66.7 Å². The van der Waals surface area contributed by atoms with Crippen molar-refractivity contribution in [3.63, 3.8) is 0 Å². The lowest BCUT2D eigenvalue weighted by molar-refractivity contribution is 0.0959. The highest BCUT2D eigenvalue weighted by molar-refractivity contribution is 6.08. The normalized spacial score (nSPS) is 10.3. The zero-order valence-corrected chi connectivity index (χ0v) is 15.5. The number of urea groups is 1. The van der Waals surface area contributed by atoms with Crippen molar-refractivity contribution < 1.29 is 23.1 Å². The van der Waals surface area contributed by atoms with Gasteiger partial charge in [-0.2, -0.15) is 0 Å². The molecular weight excluding hydrogens is 378 g/mol. The number of carbonyl (C=O) groups is 2. The lowest BCUT2D eigenvalue weighted by Gasteiger charge is -2.13. The van der Waals surface area contributed by atoms with Crippen molar-refractivity contribution >= 4 is 17.6 Å². The Morgan fingerprint density at radius 2 is 1.62 bits per heavy atom. The lowest BCUT2D eigenvalue weighted by Crippen LogP contribution is -2.35. The van der Waals surface area contributed by atoms with E-state index in [1.807, 2.05) is 42.6 Å². The second-order valence-electron chi connectivity index (χ2n) is 6.01. The van der Waals surface area contributed by atoms with E-state index >= 15 is 0 Å². The van der Waals surface area contributed by atoms with Gasteiger partial charge in [0.15, 0.2) is 0 Å². The number of amides is 3. The number of ether oxygens (including phenoxy) is 1. The van der Waals surface area contributed by atoms with E-state index in [1.165, 1.54) is 0 Å². The van der Waals surface area contributed by atoms with E-state index in [1.54, 1.807) is 18.2 Å². The minimum absolute atomic E-state index is 0.354.